The van der Waals surface area contributed by atoms with E-state index in [0.29, 0.717) is 32.5 Å². The summed E-state index contributed by atoms with van der Waals surface area (Å²) < 4.78 is 0. The lowest BCUT2D eigenvalue weighted by atomic mass is 10.00. The van der Waals surface area contributed by atoms with Crippen LogP contribution in [0, 0.1) is 6.92 Å². The van der Waals surface area contributed by atoms with Gasteiger partial charge in [-0.1, -0.05) is 24.3 Å². The van der Waals surface area contributed by atoms with E-state index in [9.17, 15) is 14.7 Å². The fourth-order valence-corrected chi connectivity index (χ4v) is 4.20. The Morgan fingerprint density at radius 2 is 1.92 bits per heavy atom. The number of carbonyl (C=O) groups is 2. The Bertz CT molecular complexity index is 655. The number of β-amino-alcohol motifs (C(OH)–C–C–N with tert-alkyl or cyclic N) is 1. The molecule has 2 aliphatic heterocycles. The average Bonchev–Trinajstić information content (AvgIpc) is 3.05. The first kappa shape index (κ1) is 18.9. The zero-order chi connectivity index (χ0) is 18.7. The van der Waals surface area contributed by atoms with Gasteiger partial charge in [-0.25, -0.2) is 0 Å². The van der Waals surface area contributed by atoms with Gasteiger partial charge in [0.2, 0.25) is 11.8 Å². The Labute approximate surface area is 155 Å². The summed E-state index contributed by atoms with van der Waals surface area (Å²) in [5, 5.41) is 12.7. The number of piperidine rings is 1. The van der Waals surface area contributed by atoms with Crippen LogP contribution >= 0.6 is 0 Å². The zero-order valence-corrected chi connectivity index (χ0v) is 15.6. The molecule has 0 bridgehead atoms. The number of aryl methyl sites for hydroxylation is 1. The number of nitrogens with zero attached hydrogens (tertiary/aromatic N) is 2. The molecule has 0 saturated carbocycles. The summed E-state index contributed by atoms with van der Waals surface area (Å²) in [5.41, 5.74) is 2.23. The quantitative estimate of drug-likeness (QED) is 0.831. The van der Waals surface area contributed by atoms with Gasteiger partial charge in [0.25, 0.3) is 0 Å². The summed E-state index contributed by atoms with van der Waals surface area (Å²) >= 11 is 0. The molecule has 3 rings (SSSR count). The van der Waals surface area contributed by atoms with Crippen LogP contribution in [0.25, 0.3) is 0 Å². The Hall–Kier alpha value is -1.92. The lowest BCUT2D eigenvalue weighted by Crippen LogP contribution is -2.52. The monoisotopic (exact) mass is 359 g/mol. The molecule has 0 radical (unpaired) electrons. The first-order valence-corrected chi connectivity index (χ1v) is 9.47. The van der Waals surface area contributed by atoms with Crippen LogP contribution in [-0.2, 0) is 16.0 Å². The summed E-state index contributed by atoms with van der Waals surface area (Å²) in [4.78, 5) is 28.8. The highest BCUT2D eigenvalue weighted by Crippen LogP contribution is 2.27. The number of likely N-dealkylation sites (tertiary alicyclic amines) is 2. The van der Waals surface area contributed by atoms with Crippen molar-refractivity contribution in [3.63, 3.8) is 0 Å². The van der Waals surface area contributed by atoms with Crippen LogP contribution in [0.5, 0.6) is 0 Å². The SMILES string of the molecule is CNC(=O)[C@@H]1C[C@@H](O)CN1C1CCN(C(=O)Cc2ccccc2C)CC1. The second kappa shape index (κ2) is 8.18. The van der Waals surface area contributed by atoms with Crippen molar-refractivity contribution in [2.75, 3.05) is 26.7 Å². The number of likely N-dealkylation sites (N-methyl/N-ethyl adjacent to an activating group) is 1. The standard InChI is InChI=1S/C20H29N3O3/c1-14-5-3-4-6-15(14)11-19(25)22-9-7-16(8-10-22)23-13-17(24)12-18(23)20(26)21-2/h3-6,16-18,24H,7-13H2,1-2H3,(H,21,26)/t17-,18+/m1/s1. The minimum atomic E-state index is -0.446. The maximum Gasteiger partial charge on any atom is 0.237 e. The van der Waals surface area contributed by atoms with Gasteiger partial charge in [-0.3, -0.25) is 14.5 Å². The number of aliphatic hydroxyl groups excluding tert-OH is 1. The van der Waals surface area contributed by atoms with E-state index in [1.807, 2.05) is 36.1 Å². The summed E-state index contributed by atoms with van der Waals surface area (Å²) in [6, 6.07) is 8.00. The largest absolute Gasteiger partial charge is 0.392 e. The third kappa shape index (κ3) is 4.07. The normalized spacial score (nSPS) is 24.7. The predicted octanol–water partition coefficient (Wildman–Crippen LogP) is 0.710. The van der Waals surface area contributed by atoms with Gasteiger partial charge in [-0.15, -0.1) is 0 Å². The van der Waals surface area contributed by atoms with Crippen LogP contribution in [0.3, 0.4) is 0 Å². The van der Waals surface area contributed by atoms with Crippen molar-refractivity contribution >= 4 is 11.8 Å². The molecule has 0 aliphatic carbocycles. The molecule has 2 fully saturated rings. The maximum absolute atomic E-state index is 12.6. The first-order valence-electron chi connectivity index (χ1n) is 9.47. The lowest BCUT2D eigenvalue weighted by molar-refractivity contribution is -0.133. The fraction of sp³-hybridized carbons (Fsp3) is 0.600. The van der Waals surface area contributed by atoms with Gasteiger partial charge < -0.3 is 15.3 Å². The van der Waals surface area contributed by atoms with Crippen molar-refractivity contribution in [1.29, 1.82) is 0 Å². The molecule has 2 atom stereocenters. The van der Waals surface area contributed by atoms with Gasteiger partial charge in [0, 0.05) is 32.7 Å². The van der Waals surface area contributed by atoms with Crippen LogP contribution in [0.15, 0.2) is 24.3 Å². The van der Waals surface area contributed by atoms with E-state index in [2.05, 4.69) is 10.2 Å². The summed E-state index contributed by atoms with van der Waals surface area (Å²) in [6.07, 6.45) is 2.18. The van der Waals surface area contributed by atoms with Crippen molar-refractivity contribution in [3.8, 4) is 0 Å². The Morgan fingerprint density at radius 3 is 2.58 bits per heavy atom. The molecule has 2 heterocycles. The first-order chi connectivity index (χ1) is 12.5. The van der Waals surface area contributed by atoms with E-state index in [4.69, 9.17) is 0 Å². The van der Waals surface area contributed by atoms with Gasteiger partial charge in [0.15, 0.2) is 0 Å². The summed E-state index contributed by atoms with van der Waals surface area (Å²) in [7, 11) is 1.64. The number of rotatable bonds is 4. The minimum absolute atomic E-state index is 0.0281. The van der Waals surface area contributed by atoms with Crippen molar-refractivity contribution in [2.24, 2.45) is 0 Å². The lowest BCUT2D eigenvalue weighted by Gasteiger charge is -2.38. The molecular formula is C20H29N3O3. The zero-order valence-electron chi connectivity index (χ0n) is 15.6. The number of hydrogen-bond acceptors (Lipinski definition) is 4. The molecule has 1 aromatic rings. The van der Waals surface area contributed by atoms with Crippen LogP contribution in [0.1, 0.15) is 30.4 Å². The number of carbonyl (C=O) groups excluding carboxylic acids is 2. The topological polar surface area (TPSA) is 72.9 Å². The third-order valence-electron chi connectivity index (χ3n) is 5.76. The summed E-state index contributed by atoms with van der Waals surface area (Å²) in [6.45, 7) is 4.00. The highest BCUT2D eigenvalue weighted by atomic mass is 16.3. The Morgan fingerprint density at radius 1 is 1.23 bits per heavy atom. The van der Waals surface area contributed by atoms with E-state index in [1.54, 1.807) is 7.05 Å². The van der Waals surface area contributed by atoms with Crippen LogP contribution in [0.4, 0.5) is 0 Å². The number of aliphatic hydroxyl groups is 1. The van der Waals surface area contributed by atoms with E-state index in [1.165, 1.54) is 0 Å². The van der Waals surface area contributed by atoms with Crippen molar-refractivity contribution in [3.05, 3.63) is 35.4 Å². The molecule has 26 heavy (non-hydrogen) atoms. The van der Waals surface area contributed by atoms with Gasteiger partial charge in [0.05, 0.1) is 18.6 Å². The van der Waals surface area contributed by atoms with Gasteiger partial charge >= 0.3 is 0 Å². The predicted molar refractivity (Wildman–Crippen MR) is 99.7 cm³/mol. The van der Waals surface area contributed by atoms with Crippen LogP contribution in [0.2, 0.25) is 0 Å². The maximum atomic E-state index is 12.6. The molecule has 0 spiro atoms. The Kier molecular flexibility index (Phi) is 5.94. The highest BCUT2D eigenvalue weighted by Gasteiger charge is 2.40. The minimum Gasteiger partial charge on any atom is -0.392 e. The molecule has 1 aromatic carbocycles. The molecule has 0 aromatic heterocycles. The van der Waals surface area contributed by atoms with Crippen molar-refractivity contribution in [1.82, 2.24) is 15.1 Å². The van der Waals surface area contributed by atoms with E-state index < -0.39 is 6.10 Å². The van der Waals surface area contributed by atoms with E-state index in [0.717, 1.165) is 24.0 Å². The van der Waals surface area contributed by atoms with Crippen LogP contribution < -0.4 is 5.32 Å². The molecule has 0 unspecified atom stereocenters. The fourth-order valence-electron chi connectivity index (χ4n) is 4.20. The smallest absolute Gasteiger partial charge is 0.237 e. The number of nitrogens with one attached hydrogen (secondary N) is 1. The highest BCUT2D eigenvalue weighted by molar-refractivity contribution is 5.82. The molecule has 6 nitrogen and oxygen atoms in total. The molecule has 2 saturated heterocycles. The second-order valence-electron chi connectivity index (χ2n) is 7.43. The third-order valence-corrected chi connectivity index (χ3v) is 5.76. The molecule has 2 N–H and O–H groups in total. The van der Waals surface area contributed by atoms with Gasteiger partial charge in [0.1, 0.15) is 0 Å². The number of benzene rings is 1. The molecule has 142 valence electrons. The molecule has 2 aliphatic rings. The number of amides is 2. The molecule has 2 amide bonds. The molecular weight excluding hydrogens is 330 g/mol. The van der Waals surface area contributed by atoms with Crippen molar-refractivity contribution in [2.45, 2.75) is 50.8 Å². The number of hydrogen-bond donors (Lipinski definition) is 2. The summed E-state index contributed by atoms with van der Waals surface area (Å²) in [5.74, 6) is 0.140. The van der Waals surface area contributed by atoms with Gasteiger partial charge in [-0.2, -0.15) is 0 Å². The Balaban J connectivity index is 1.56. The molecule has 6 heteroatoms. The van der Waals surface area contributed by atoms with Crippen molar-refractivity contribution < 1.29 is 14.7 Å². The van der Waals surface area contributed by atoms with E-state index >= 15 is 0 Å². The second-order valence-corrected chi connectivity index (χ2v) is 7.43. The average molecular weight is 359 g/mol. The van der Waals surface area contributed by atoms with Gasteiger partial charge in [-0.05, 0) is 37.3 Å². The van der Waals surface area contributed by atoms with E-state index in [-0.39, 0.29) is 23.9 Å². The van der Waals surface area contributed by atoms with Crippen LogP contribution in [-0.4, -0.2) is 71.6 Å².